The van der Waals surface area contributed by atoms with Crippen LogP contribution in [0.25, 0.3) is 0 Å². The van der Waals surface area contributed by atoms with Crippen molar-refractivity contribution in [3.8, 4) is 5.75 Å². The summed E-state index contributed by atoms with van der Waals surface area (Å²) in [5.41, 5.74) is 0. The number of halogens is 1. The van der Waals surface area contributed by atoms with Crippen molar-refractivity contribution in [1.82, 2.24) is 0 Å². The maximum absolute atomic E-state index is 11.2. The molecule has 0 fully saturated rings. The standard InChI is InChI=1S/C13H15ClO3S/c1-2-16-12(15)9-8-11(14)13(18)17-10-6-4-3-5-7-10/h3-7,11H,2,8-9H2,1H3. The number of esters is 1. The quantitative estimate of drug-likeness (QED) is 0.456. The third-order valence-corrected chi connectivity index (χ3v) is 3.04. The van der Waals surface area contributed by atoms with E-state index in [1.165, 1.54) is 0 Å². The van der Waals surface area contributed by atoms with Crippen LogP contribution in [0.1, 0.15) is 19.8 Å². The topological polar surface area (TPSA) is 35.5 Å². The lowest BCUT2D eigenvalue weighted by molar-refractivity contribution is -0.143. The molecule has 0 bridgehead atoms. The summed E-state index contributed by atoms with van der Waals surface area (Å²) in [6.45, 7) is 2.13. The second-order valence-corrected chi connectivity index (χ2v) is 4.47. The summed E-state index contributed by atoms with van der Waals surface area (Å²) in [6.07, 6.45) is 0.645. The predicted molar refractivity (Wildman–Crippen MR) is 75.2 cm³/mol. The van der Waals surface area contributed by atoms with Gasteiger partial charge in [0.2, 0.25) is 0 Å². The van der Waals surface area contributed by atoms with Crippen LogP contribution in [0.4, 0.5) is 0 Å². The van der Waals surface area contributed by atoms with Crippen molar-refractivity contribution >= 4 is 34.8 Å². The summed E-state index contributed by atoms with van der Waals surface area (Å²) in [5.74, 6) is 0.370. The molecule has 0 aliphatic rings. The average molecular weight is 287 g/mol. The molecule has 0 heterocycles. The molecule has 3 nitrogen and oxygen atoms in total. The van der Waals surface area contributed by atoms with Crippen molar-refractivity contribution in [3.05, 3.63) is 30.3 Å². The number of thiocarbonyl (C=S) groups is 1. The van der Waals surface area contributed by atoms with Gasteiger partial charge in [0.05, 0.1) is 6.61 Å². The second-order valence-electron chi connectivity index (χ2n) is 3.55. The lowest BCUT2D eigenvalue weighted by Crippen LogP contribution is -2.20. The first-order valence-electron chi connectivity index (χ1n) is 5.70. The zero-order valence-corrected chi connectivity index (χ0v) is 11.7. The molecule has 18 heavy (non-hydrogen) atoms. The maximum atomic E-state index is 11.2. The SMILES string of the molecule is CCOC(=O)CCC(Cl)C(=S)Oc1ccccc1. The molecule has 1 aromatic carbocycles. The number of hydrogen-bond acceptors (Lipinski definition) is 4. The van der Waals surface area contributed by atoms with Gasteiger partial charge in [0.15, 0.2) is 5.05 Å². The van der Waals surface area contributed by atoms with Crippen LogP contribution in [0.3, 0.4) is 0 Å². The van der Waals surface area contributed by atoms with Gasteiger partial charge in [-0.05, 0) is 37.7 Å². The van der Waals surface area contributed by atoms with Crippen LogP contribution in [0, 0.1) is 0 Å². The lowest BCUT2D eigenvalue weighted by Gasteiger charge is -2.11. The van der Waals surface area contributed by atoms with E-state index in [0.717, 1.165) is 0 Å². The van der Waals surface area contributed by atoms with Crippen molar-refractivity contribution in [3.63, 3.8) is 0 Å². The van der Waals surface area contributed by atoms with Crippen LogP contribution in [-0.2, 0) is 9.53 Å². The summed E-state index contributed by atoms with van der Waals surface area (Å²) in [4.78, 5) is 11.2. The van der Waals surface area contributed by atoms with E-state index in [1.807, 2.05) is 18.2 Å². The molecule has 98 valence electrons. The van der Waals surface area contributed by atoms with Gasteiger partial charge < -0.3 is 9.47 Å². The molecule has 0 aromatic heterocycles. The fraction of sp³-hybridized carbons (Fsp3) is 0.385. The number of para-hydroxylation sites is 1. The van der Waals surface area contributed by atoms with Crippen LogP contribution in [0.2, 0.25) is 0 Å². The van der Waals surface area contributed by atoms with Crippen molar-refractivity contribution in [1.29, 1.82) is 0 Å². The van der Waals surface area contributed by atoms with Crippen molar-refractivity contribution in [2.75, 3.05) is 6.61 Å². The number of benzene rings is 1. The van der Waals surface area contributed by atoms with E-state index in [0.29, 0.717) is 18.8 Å². The minimum absolute atomic E-state index is 0.236. The van der Waals surface area contributed by atoms with Crippen LogP contribution < -0.4 is 4.74 Å². The first-order chi connectivity index (χ1) is 8.63. The van der Waals surface area contributed by atoms with Gasteiger partial charge in [-0.3, -0.25) is 4.79 Å². The van der Waals surface area contributed by atoms with E-state index in [9.17, 15) is 4.79 Å². The normalized spacial score (nSPS) is 11.7. The van der Waals surface area contributed by atoms with E-state index in [4.69, 9.17) is 33.3 Å². The fourth-order valence-corrected chi connectivity index (χ4v) is 1.63. The van der Waals surface area contributed by atoms with Crippen molar-refractivity contribution in [2.24, 2.45) is 0 Å². The molecule has 1 atom stereocenters. The van der Waals surface area contributed by atoms with Crippen LogP contribution in [-0.4, -0.2) is 23.0 Å². The Morgan fingerprint density at radius 2 is 2.06 bits per heavy atom. The van der Waals surface area contributed by atoms with Gasteiger partial charge in [0.25, 0.3) is 0 Å². The number of carbonyl (C=O) groups excluding carboxylic acids is 1. The highest BCUT2D eigenvalue weighted by molar-refractivity contribution is 7.80. The Kier molecular flexibility index (Phi) is 6.68. The summed E-state index contributed by atoms with van der Waals surface area (Å²) in [6, 6.07) is 9.16. The van der Waals surface area contributed by atoms with Gasteiger partial charge in [-0.2, -0.15) is 0 Å². The molecule has 0 radical (unpaired) electrons. The molecule has 0 N–H and O–H groups in total. The smallest absolute Gasteiger partial charge is 0.305 e. The highest BCUT2D eigenvalue weighted by atomic mass is 35.5. The van der Waals surface area contributed by atoms with Crippen LogP contribution >= 0.6 is 23.8 Å². The van der Waals surface area contributed by atoms with Gasteiger partial charge in [0, 0.05) is 6.42 Å². The highest BCUT2D eigenvalue weighted by Crippen LogP contribution is 2.15. The molecule has 0 aliphatic heterocycles. The average Bonchev–Trinajstić information content (AvgIpc) is 2.37. The Bertz CT molecular complexity index is 394. The maximum Gasteiger partial charge on any atom is 0.305 e. The van der Waals surface area contributed by atoms with E-state index in [2.05, 4.69) is 0 Å². The lowest BCUT2D eigenvalue weighted by atomic mass is 10.2. The molecular weight excluding hydrogens is 272 g/mol. The Labute approximate surface area is 117 Å². The number of rotatable bonds is 6. The van der Waals surface area contributed by atoms with E-state index < -0.39 is 5.38 Å². The van der Waals surface area contributed by atoms with E-state index >= 15 is 0 Å². The number of ether oxygens (including phenoxy) is 2. The van der Waals surface area contributed by atoms with Crippen molar-refractivity contribution < 1.29 is 14.3 Å². The molecule has 0 spiro atoms. The molecule has 1 aromatic rings. The molecule has 0 saturated heterocycles. The molecule has 1 unspecified atom stereocenters. The Balaban J connectivity index is 2.35. The number of alkyl halides is 1. The zero-order valence-electron chi connectivity index (χ0n) is 10.1. The third-order valence-electron chi connectivity index (χ3n) is 2.12. The molecule has 1 rings (SSSR count). The minimum Gasteiger partial charge on any atom is -0.466 e. The number of carbonyl (C=O) groups is 1. The molecule has 0 amide bonds. The van der Waals surface area contributed by atoms with Crippen LogP contribution in [0.15, 0.2) is 30.3 Å². The largest absolute Gasteiger partial charge is 0.466 e. The fourth-order valence-electron chi connectivity index (χ4n) is 1.26. The number of hydrogen-bond donors (Lipinski definition) is 0. The van der Waals surface area contributed by atoms with Gasteiger partial charge in [-0.25, -0.2) is 0 Å². The monoisotopic (exact) mass is 286 g/mol. The van der Waals surface area contributed by atoms with Gasteiger partial charge in [-0.1, -0.05) is 18.2 Å². The minimum atomic E-state index is -0.482. The van der Waals surface area contributed by atoms with Crippen LogP contribution in [0.5, 0.6) is 5.75 Å². The van der Waals surface area contributed by atoms with E-state index in [1.54, 1.807) is 19.1 Å². The molecule has 0 aliphatic carbocycles. The first-order valence-corrected chi connectivity index (χ1v) is 6.54. The summed E-state index contributed by atoms with van der Waals surface area (Å²) in [5, 5.41) is -0.211. The highest BCUT2D eigenvalue weighted by Gasteiger charge is 2.15. The summed E-state index contributed by atoms with van der Waals surface area (Å²) in [7, 11) is 0. The Hall–Kier alpha value is -1.13. The molecule has 0 saturated carbocycles. The van der Waals surface area contributed by atoms with Gasteiger partial charge in [-0.15, -0.1) is 11.6 Å². The van der Waals surface area contributed by atoms with Crippen molar-refractivity contribution in [2.45, 2.75) is 25.1 Å². The zero-order chi connectivity index (χ0) is 13.4. The van der Waals surface area contributed by atoms with Gasteiger partial charge >= 0.3 is 5.97 Å². The summed E-state index contributed by atoms with van der Waals surface area (Å²) >= 11 is 11.1. The van der Waals surface area contributed by atoms with E-state index in [-0.39, 0.29) is 17.4 Å². The predicted octanol–water partition coefficient (Wildman–Crippen LogP) is 3.34. The summed E-state index contributed by atoms with van der Waals surface area (Å²) < 4.78 is 10.2. The Morgan fingerprint density at radius 3 is 2.67 bits per heavy atom. The van der Waals surface area contributed by atoms with Gasteiger partial charge in [0.1, 0.15) is 11.1 Å². The molecular formula is C13H15ClO3S. The Morgan fingerprint density at radius 1 is 1.39 bits per heavy atom. The first kappa shape index (κ1) is 14.9. The second kappa shape index (κ2) is 8.06. The molecule has 5 heteroatoms. The third kappa shape index (κ3) is 5.47.